The van der Waals surface area contributed by atoms with Gasteiger partial charge in [-0.2, -0.15) is 0 Å². The van der Waals surface area contributed by atoms with E-state index in [-0.39, 0.29) is 42.3 Å². The maximum absolute atomic E-state index is 12.1. The molecule has 28 heavy (non-hydrogen) atoms. The smallest absolute Gasteiger partial charge is 0.747 e. The summed E-state index contributed by atoms with van der Waals surface area (Å²) in [5.41, 5.74) is 0. The second-order valence-electron chi connectivity index (χ2n) is 6.56. The van der Waals surface area contributed by atoms with Crippen LogP contribution in [0, 0.1) is 0 Å². The number of hydrogen-bond acceptors (Lipinski definition) is 7. The predicted octanol–water partition coefficient (Wildman–Crippen LogP) is 0.486. The van der Waals surface area contributed by atoms with Gasteiger partial charge in [-0.15, -0.1) is 0 Å². The zero-order chi connectivity index (χ0) is 20.7. The molecular weight excluding hydrogens is 395 g/mol. The Kier molecular flexibility index (Phi) is 18.6. The van der Waals surface area contributed by atoms with Crippen LogP contribution in [0.15, 0.2) is 12.7 Å². The quantitative estimate of drug-likeness (QED) is 0.116. The molecule has 0 aliphatic carbocycles. The van der Waals surface area contributed by atoms with Crippen molar-refractivity contribution in [3.05, 3.63) is 12.7 Å². The van der Waals surface area contributed by atoms with Gasteiger partial charge in [0.2, 0.25) is 0 Å². The molecule has 0 spiro atoms. The summed E-state index contributed by atoms with van der Waals surface area (Å²) in [5.74, 6) is -2.13. The summed E-state index contributed by atoms with van der Waals surface area (Å²) < 4.78 is 43.8. The van der Waals surface area contributed by atoms with Gasteiger partial charge in [0.15, 0.2) is 5.25 Å². The van der Waals surface area contributed by atoms with Crippen molar-refractivity contribution in [3.63, 3.8) is 0 Å². The molecule has 0 saturated carbocycles. The van der Waals surface area contributed by atoms with Crippen LogP contribution < -0.4 is 29.6 Å². The summed E-state index contributed by atoms with van der Waals surface area (Å²) in [6.45, 7) is 7.20. The molecule has 0 saturated heterocycles. The molecule has 0 aliphatic rings. The summed E-state index contributed by atoms with van der Waals surface area (Å²) in [4.78, 5) is 23.8. The van der Waals surface area contributed by atoms with Gasteiger partial charge >= 0.3 is 41.5 Å². The molecule has 0 aliphatic heterocycles. The fourth-order valence-electron chi connectivity index (χ4n) is 2.66. The average molecular weight is 429 g/mol. The standard InChI is InChI=1S/C19H34O7S.Na/c1-4-7-8-9-10-11-13-16(12-5-2)26-18(20)15-17(27(22,23)24)19(21)25-14-6-3;/h6,16-17H,3-5,7-15H2,1-2H3,(H,22,23,24);/q;+1/p-1. The molecule has 0 bridgehead atoms. The number of unbranched alkanes of at least 4 members (excludes halogenated alkanes) is 5. The predicted molar refractivity (Wildman–Crippen MR) is 102 cm³/mol. The van der Waals surface area contributed by atoms with Crippen LogP contribution in [0.2, 0.25) is 0 Å². The van der Waals surface area contributed by atoms with E-state index in [1.54, 1.807) is 0 Å². The summed E-state index contributed by atoms with van der Waals surface area (Å²) in [6, 6.07) is 0. The van der Waals surface area contributed by atoms with Crippen LogP contribution in [0.4, 0.5) is 0 Å². The van der Waals surface area contributed by atoms with Gasteiger partial charge in [-0.05, 0) is 19.3 Å². The molecule has 7 nitrogen and oxygen atoms in total. The molecule has 0 rings (SSSR count). The van der Waals surface area contributed by atoms with Crippen molar-refractivity contribution in [2.75, 3.05) is 6.61 Å². The normalized spacial score (nSPS) is 13.1. The zero-order valence-corrected chi connectivity index (χ0v) is 20.3. The second kappa shape index (κ2) is 17.4. The number of rotatable bonds is 16. The minimum absolute atomic E-state index is 0. The van der Waals surface area contributed by atoms with Crippen LogP contribution in [0.5, 0.6) is 0 Å². The molecular formula is C19H33NaO7S. The second-order valence-corrected chi connectivity index (χ2v) is 8.12. The maximum atomic E-state index is 12.1. The number of carbonyl (C=O) groups excluding carboxylic acids is 2. The number of hydrogen-bond donors (Lipinski definition) is 0. The summed E-state index contributed by atoms with van der Waals surface area (Å²) >= 11 is 0. The molecule has 0 radical (unpaired) electrons. The van der Waals surface area contributed by atoms with E-state index in [1.807, 2.05) is 6.92 Å². The monoisotopic (exact) mass is 428 g/mol. The van der Waals surface area contributed by atoms with E-state index in [1.165, 1.54) is 25.3 Å². The van der Waals surface area contributed by atoms with E-state index in [4.69, 9.17) is 4.74 Å². The van der Waals surface area contributed by atoms with E-state index in [9.17, 15) is 22.6 Å². The largest absolute Gasteiger partial charge is 1.00 e. The minimum atomic E-state index is -5.03. The van der Waals surface area contributed by atoms with Gasteiger partial charge in [-0.1, -0.05) is 65.0 Å². The number of carbonyl (C=O) groups is 2. The SMILES string of the molecule is C=CCOC(=O)C(CC(=O)OC(CCC)CCCCCCCC)S(=O)(=O)[O-].[Na+]. The number of esters is 2. The fraction of sp³-hybridized carbons (Fsp3) is 0.789. The van der Waals surface area contributed by atoms with E-state index in [2.05, 4.69) is 18.2 Å². The van der Waals surface area contributed by atoms with E-state index >= 15 is 0 Å². The Morgan fingerprint density at radius 2 is 1.64 bits per heavy atom. The van der Waals surface area contributed by atoms with Gasteiger partial charge in [-0.3, -0.25) is 9.59 Å². The van der Waals surface area contributed by atoms with Crippen LogP contribution >= 0.6 is 0 Å². The molecule has 9 heteroatoms. The molecule has 0 heterocycles. The molecule has 0 aromatic heterocycles. The van der Waals surface area contributed by atoms with Crippen molar-refractivity contribution in [1.82, 2.24) is 0 Å². The Hall–Kier alpha value is -0.410. The first kappa shape index (κ1) is 29.8. The van der Waals surface area contributed by atoms with Gasteiger partial charge in [0.1, 0.15) is 22.8 Å². The Bertz CT molecular complexity index is 548. The van der Waals surface area contributed by atoms with Gasteiger partial charge < -0.3 is 14.0 Å². The summed E-state index contributed by atoms with van der Waals surface area (Å²) in [5, 5.41) is -2.10. The van der Waals surface area contributed by atoms with Crippen LogP contribution in [0.1, 0.15) is 78.1 Å². The molecule has 0 amide bonds. The van der Waals surface area contributed by atoms with Crippen molar-refractivity contribution < 1.29 is 61.6 Å². The topological polar surface area (TPSA) is 110 Å². The average Bonchev–Trinajstić information content (AvgIpc) is 2.59. The van der Waals surface area contributed by atoms with Crippen molar-refractivity contribution in [2.45, 2.75) is 89.4 Å². The van der Waals surface area contributed by atoms with E-state index in [0.29, 0.717) is 12.8 Å². The zero-order valence-electron chi connectivity index (χ0n) is 17.5. The van der Waals surface area contributed by atoms with Gasteiger partial charge in [0.25, 0.3) is 0 Å². The minimum Gasteiger partial charge on any atom is -0.747 e. The van der Waals surface area contributed by atoms with Crippen LogP contribution in [0.25, 0.3) is 0 Å². The first-order valence-electron chi connectivity index (χ1n) is 9.67. The van der Waals surface area contributed by atoms with Crippen LogP contribution in [0.3, 0.4) is 0 Å². The van der Waals surface area contributed by atoms with E-state index < -0.39 is 33.7 Å². The van der Waals surface area contributed by atoms with E-state index in [0.717, 1.165) is 25.7 Å². The van der Waals surface area contributed by atoms with Crippen LogP contribution in [-0.4, -0.2) is 42.9 Å². The maximum Gasteiger partial charge on any atom is 1.00 e. The van der Waals surface area contributed by atoms with Crippen molar-refractivity contribution in [3.8, 4) is 0 Å². The first-order chi connectivity index (χ1) is 12.8. The molecule has 2 unspecified atom stereocenters. The third-order valence-electron chi connectivity index (χ3n) is 4.10. The summed E-state index contributed by atoms with van der Waals surface area (Å²) in [6.07, 6.45) is 8.85. The molecule has 0 aromatic carbocycles. The van der Waals surface area contributed by atoms with Gasteiger partial charge in [0, 0.05) is 0 Å². The Balaban J connectivity index is 0. The third-order valence-corrected chi connectivity index (χ3v) is 5.15. The molecule has 0 aromatic rings. The molecule has 0 fully saturated rings. The Morgan fingerprint density at radius 1 is 1.04 bits per heavy atom. The van der Waals surface area contributed by atoms with Crippen LogP contribution in [-0.2, 0) is 29.2 Å². The van der Waals surface area contributed by atoms with Crippen molar-refractivity contribution >= 4 is 22.1 Å². The molecule has 158 valence electrons. The Labute approximate surface area is 191 Å². The molecule has 0 N–H and O–H groups in total. The number of ether oxygens (including phenoxy) is 2. The third kappa shape index (κ3) is 14.6. The Morgan fingerprint density at radius 3 is 2.18 bits per heavy atom. The van der Waals surface area contributed by atoms with Gasteiger partial charge in [0.05, 0.1) is 6.42 Å². The summed E-state index contributed by atoms with van der Waals surface area (Å²) in [7, 11) is -5.03. The fourth-order valence-corrected chi connectivity index (χ4v) is 3.30. The van der Waals surface area contributed by atoms with Crippen molar-refractivity contribution in [1.29, 1.82) is 0 Å². The van der Waals surface area contributed by atoms with Gasteiger partial charge in [-0.25, -0.2) is 8.42 Å². The molecule has 2 atom stereocenters. The van der Waals surface area contributed by atoms with Crippen molar-refractivity contribution in [2.24, 2.45) is 0 Å². The first-order valence-corrected chi connectivity index (χ1v) is 11.1.